The molecular formula is C8H18N2O2. The lowest BCUT2D eigenvalue weighted by molar-refractivity contribution is -0.00180. The van der Waals surface area contributed by atoms with E-state index in [1.807, 2.05) is 6.92 Å². The fourth-order valence-electron chi connectivity index (χ4n) is 1.52. The van der Waals surface area contributed by atoms with Crippen LogP contribution in [0.2, 0.25) is 0 Å². The summed E-state index contributed by atoms with van der Waals surface area (Å²) in [6.45, 7) is 5.33. The predicted octanol–water partition coefficient (Wildman–Crippen LogP) is -0.973. The van der Waals surface area contributed by atoms with Gasteiger partial charge in [-0.3, -0.25) is 4.90 Å². The van der Waals surface area contributed by atoms with E-state index in [0.717, 1.165) is 26.3 Å². The van der Waals surface area contributed by atoms with Gasteiger partial charge in [-0.1, -0.05) is 0 Å². The fourth-order valence-corrected chi connectivity index (χ4v) is 1.52. The summed E-state index contributed by atoms with van der Waals surface area (Å²) in [6, 6.07) is 0.113. The zero-order valence-corrected chi connectivity index (χ0v) is 7.57. The number of aliphatic hydroxyl groups excluding tert-OH is 1. The van der Waals surface area contributed by atoms with E-state index >= 15 is 0 Å². The molecule has 0 aromatic rings. The van der Waals surface area contributed by atoms with E-state index in [-0.39, 0.29) is 18.7 Å². The van der Waals surface area contributed by atoms with Crippen molar-refractivity contribution in [3.05, 3.63) is 0 Å². The monoisotopic (exact) mass is 174 g/mol. The van der Waals surface area contributed by atoms with Crippen molar-refractivity contribution in [2.24, 2.45) is 5.73 Å². The predicted molar refractivity (Wildman–Crippen MR) is 46.9 cm³/mol. The van der Waals surface area contributed by atoms with Gasteiger partial charge in [0.1, 0.15) is 0 Å². The van der Waals surface area contributed by atoms with Crippen LogP contribution in [0, 0.1) is 0 Å². The Morgan fingerprint density at radius 1 is 1.50 bits per heavy atom. The maximum Gasteiger partial charge on any atom is 0.0601 e. The lowest BCUT2D eigenvalue weighted by atomic mass is 10.1. The second-order valence-corrected chi connectivity index (χ2v) is 3.26. The van der Waals surface area contributed by atoms with Gasteiger partial charge in [0.25, 0.3) is 0 Å². The topological polar surface area (TPSA) is 58.7 Å². The first kappa shape index (κ1) is 9.92. The van der Waals surface area contributed by atoms with Crippen molar-refractivity contribution >= 4 is 0 Å². The molecule has 1 fully saturated rings. The van der Waals surface area contributed by atoms with Crippen molar-refractivity contribution in [3.8, 4) is 0 Å². The second-order valence-electron chi connectivity index (χ2n) is 3.26. The largest absolute Gasteiger partial charge is 0.395 e. The molecule has 1 saturated heterocycles. The fraction of sp³-hybridized carbons (Fsp3) is 1.00. The molecule has 1 heterocycles. The van der Waals surface area contributed by atoms with Crippen LogP contribution in [0.5, 0.6) is 0 Å². The first-order valence-electron chi connectivity index (χ1n) is 4.44. The average molecular weight is 174 g/mol. The molecular weight excluding hydrogens is 156 g/mol. The Labute approximate surface area is 73.3 Å². The highest BCUT2D eigenvalue weighted by molar-refractivity contribution is 4.79. The molecule has 0 aliphatic carbocycles. The maximum absolute atomic E-state index is 9.09. The minimum Gasteiger partial charge on any atom is -0.395 e. The van der Waals surface area contributed by atoms with E-state index in [9.17, 15) is 0 Å². The SMILES string of the molecule is CC(N)C(CO)N1CCOCC1. The van der Waals surface area contributed by atoms with Crippen molar-refractivity contribution in [2.75, 3.05) is 32.9 Å². The Hall–Kier alpha value is -0.160. The van der Waals surface area contributed by atoms with Crippen molar-refractivity contribution in [1.29, 1.82) is 0 Å². The lowest BCUT2D eigenvalue weighted by Gasteiger charge is -2.35. The first-order chi connectivity index (χ1) is 5.75. The number of aliphatic hydroxyl groups is 1. The molecule has 12 heavy (non-hydrogen) atoms. The van der Waals surface area contributed by atoms with Crippen LogP contribution >= 0.6 is 0 Å². The zero-order valence-electron chi connectivity index (χ0n) is 7.57. The minimum absolute atomic E-state index is 0.0214. The van der Waals surface area contributed by atoms with Gasteiger partial charge in [-0.05, 0) is 6.92 Å². The van der Waals surface area contributed by atoms with Gasteiger partial charge in [0.2, 0.25) is 0 Å². The van der Waals surface area contributed by atoms with E-state index < -0.39 is 0 Å². The van der Waals surface area contributed by atoms with E-state index in [1.54, 1.807) is 0 Å². The molecule has 0 aromatic carbocycles. The normalized spacial score (nSPS) is 25.2. The molecule has 0 amide bonds. The molecule has 2 unspecified atom stereocenters. The number of ether oxygens (including phenoxy) is 1. The van der Waals surface area contributed by atoms with Crippen LogP contribution in [0.3, 0.4) is 0 Å². The Morgan fingerprint density at radius 2 is 2.08 bits per heavy atom. The standard InChI is InChI=1S/C8H18N2O2/c1-7(9)8(6-11)10-2-4-12-5-3-10/h7-8,11H,2-6,9H2,1H3. The summed E-state index contributed by atoms with van der Waals surface area (Å²) >= 11 is 0. The molecule has 0 radical (unpaired) electrons. The van der Waals surface area contributed by atoms with Crippen molar-refractivity contribution < 1.29 is 9.84 Å². The van der Waals surface area contributed by atoms with Crippen LogP contribution in [-0.2, 0) is 4.74 Å². The molecule has 0 bridgehead atoms. The number of rotatable bonds is 3. The number of morpholine rings is 1. The van der Waals surface area contributed by atoms with Gasteiger partial charge in [-0.15, -0.1) is 0 Å². The second kappa shape index (κ2) is 4.77. The quantitative estimate of drug-likeness (QED) is 0.578. The Morgan fingerprint density at radius 3 is 2.50 bits per heavy atom. The first-order valence-corrected chi connectivity index (χ1v) is 4.44. The molecule has 0 aromatic heterocycles. The van der Waals surface area contributed by atoms with Gasteiger partial charge >= 0.3 is 0 Å². The highest BCUT2D eigenvalue weighted by Gasteiger charge is 2.22. The van der Waals surface area contributed by atoms with Crippen molar-refractivity contribution in [2.45, 2.75) is 19.0 Å². The van der Waals surface area contributed by atoms with Crippen LogP contribution in [-0.4, -0.2) is 55.0 Å². The van der Waals surface area contributed by atoms with Gasteiger partial charge in [0.05, 0.1) is 19.8 Å². The molecule has 2 atom stereocenters. The summed E-state index contributed by atoms with van der Waals surface area (Å²) in [5.41, 5.74) is 5.74. The average Bonchev–Trinajstić information content (AvgIpc) is 2.07. The number of nitrogens with two attached hydrogens (primary N) is 1. The molecule has 4 heteroatoms. The smallest absolute Gasteiger partial charge is 0.0601 e. The maximum atomic E-state index is 9.09. The van der Waals surface area contributed by atoms with Crippen LogP contribution in [0.15, 0.2) is 0 Å². The van der Waals surface area contributed by atoms with Crippen LogP contribution in [0.4, 0.5) is 0 Å². The summed E-state index contributed by atoms with van der Waals surface area (Å²) in [6.07, 6.45) is 0. The molecule has 4 nitrogen and oxygen atoms in total. The zero-order chi connectivity index (χ0) is 8.97. The molecule has 1 rings (SSSR count). The van der Waals surface area contributed by atoms with Gasteiger partial charge in [-0.25, -0.2) is 0 Å². The molecule has 0 spiro atoms. The van der Waals surface area contributed by atoms with E-state index in [0.29, 0.717) is 0 Å². The van der Waals surface area contributed by atoms with Crippen molar-refractivity contribution in [3.63, 3.8) is 0 Å². The highest BCUT2D eigenvalue weighted by atomic mass is 16.5. The van der Waals surface area contributed by atoms with Crippen LogP contribution in [0.25, 0.3) is 0 Å². The molecule has 72 valence electrons. The molecule has 1 aliphatic rings. The van der Waals surface area contributed by atoms with Gasteiger partial charge in [0, 0.05) is 25.2 Å². The number of nitrogens with zero attached hydrogens (tertiary/aromatic N) is 1. The third kappa shape index (κ3) is 2.42. The minimum atomic E-state index is 0.0214. The summed E-state index contributed by atoms with van der Waals surface area (Å²) < 4.78 is 5.21. The summed E-state index contributed by atoms with van der Waals surface area (Å²) in [7, 11) is 0. The van der Waals surface area contributed by atoms with Gasteiger partial charge < -0.3 is 15.6 Å². The Balaban J connectivity index is 2.40. The van der Waals surface area contributed by atoms with E-state index in [1.165, 1.54) is 0 Å². The van der Waals surface area contributed by atoms with Gasteiger partial charge in [0.15, 0.2) is 0 Å². The lowest BCUT2D eigenvalue weighted by Crippen LogP contribution is -2.52. The summed E-state index contributed by atoms with van der Waals surface area (Å²) in [5.74, 6) is 0. The van der Waals surface area contributed by atoms with Gasteiger partial charge in [-0.2, -0.15) is 0 Å². The third-order valence-corrected chi connectivity index (χ3v) is 2.31. The Bertz CT molecular complexity index is 124. The number of hydrogen-bond donors (Lipinski definition) is 2. The highest BCUT2D eigenvalue weighted by Crippen LogP contribution is 2.05. The van der Waals surface area contributed by atoms with E-state index in [2.05, 4.69) is 4.90 Å². The van der Waals surface area contributed by atoms with Crippen molar-refractivity contribution in [1.82, 2.24) is 4.90 Å². The van der Waals surface area contributed by atoms with Crippen LogP contribution in [0.1, 0.15) is 6.92 Å². The summed E-state index contributed by atoms with van der Waals surface area (Å²) in [4.78, 5) is 2.19. The molecule has 1 aliphatic heterocycles. The van der Waals surface area contributed by atoms with Crippen LogP contribution < -0.4 is 5.73 Å². The van der Waals surface area contributed by atoms with E-state index in [4.69, 9.17) is 15.6 Å². The summed E-state index contributed by atoms with van der Waals surface area (Å²) in [5, 5.41) is 9.09. The number of hydrogen-bond acceptors (Lipinski definition) is 4. The third-order valence-electron chi connectivity index (χ3n) is 2.31. The Kier molecular flexibility index (Phi) is 3.94. The molecule has 3 N–H and O–H groups in total. The molecule has 0 saturated carbocycles.